The molecule has 0 radical (unpaired) electrons. The van der Waals surface area contributed by atoms with Gasteiger partial charge in [-0.1, -0.05) is 18.2 Å². The Morgan fingerprint density at radius 2 is 1.85 bits per heavy atom. The summed E-state index contributed by atoms with van der Waals surface area (Å²) < 4.78 is 10.2. The summed E-state index contributed by atoms with van der Waals surface area (Å²) in [6.45, 7) is 4.57. The van der Waals surface area contributed by atoms with Gasteiger partial charge in [0.2, 0.25) is 5.78 Å². The minimum atomic E-state index is -1.09. The molecule has 5 N–H and O–H groups in total. The molecule has 0 spiro atoms. The minimum absolute atomic E-state index is 0.119. The summed E-state index contributed by atoms with van der Waals surface area (Å²) in [4.78, 5) is 54.9. The van der Waals surface area contributed by atoms with Crippen LogP contribution in [-0.2, 0) is 20.7 Å². The van der Waals surface area contributed by atoms with Crippen molar-refractivity contribution in [2.45, 2.75) is 33.2 Å². The SMILES string of the molecule is CCOC(=O)c1c(C)[nH]c(C(=O)COC(=O)C(Cc2c[nH]c3ccccc23)NC(N)=O)c1C. The molecule has 0 saturated carbocycles. The van der Waals surface area contributed by atoms with Crippen LogP contribution in [0.15, 0.2) is 30.5 Å². The number of amides is 2. The number of H-pyrrole nitrogens is 2. The maximum absolute atomic E-state index is 12.7. The summed E-state index contributed by atoms with van der Waals surface area (Å²) in [5.74, 6) is -1.87. The number of urea groups is 1. The van der Waals surface area contributed by atoms with Crippen LogP contribution in [0.3, 0.4) is 0 Å². The summed E-state index contributed by atoms with van der Waals surface area (Å²) in [5.41, 5.74) is 8.21. The van der Waals surface area contributed by atoms with Gasteiger partial charge in [0.15, 0.2) is 6.61 Å². The van der Waals surface area contributed by atoms with Crippen molar-refractivity contribution >= 4 is 34.7 Å². The number of para-hydroxylation sites is 1. The highest BCUT2D eigenvalue weighted by molar-refractivity contribution is 6.02. The normalized spacial score (nSPS) is 11.7. The largest absolute Gasteiger partial charge is 0.462 e. The van der Waals surface area contributed by atoms with Crippen molar-refractivity contribution in [2.75, 3.05) is 13.2 Å². The molecule has 10 nitrogen and oxygen atoms in total. The van der Waals surface area contributed by atoms with Crippen molar-refractivity contribution in [3.8, 4) is 0 Å². The number of carbonyl (C=O) groups excluding carboxylic acids is 4. The number of nitrogens with one attached hydrogen (secondary N) is 3. The van der Waals surface area contributed by atoms with Crippen molar-refractivity contribution in [3.63, 3.8) is 0 Å². The van der Waals surface area contributed by atoms with Gasteiger partial charge < -0.3 is 30.5 Å². The van der Waals surface area contributed by atoms with Gasteiger partial charge in [-0.2, -0.15) is 0 Å². The number of hydrogen-bond acceptors (Lipinski definition) is 6. The summed E-state index contributed by atoms with van der Waals surface area (Å²) in [5, 5.41) is 3.26. The van der Waals surface area contributed by atoms with E-state index in [0.717, 1.165) is 16.5 Å². The second-order valence-electron chi connectivity index (χ2n) is 7.50. The third-order valence-electron chi connectivity index (χ3n) is 5.24. The first-order chi connectivity index (χ1) is 15.7. The molecule has 0 saturated heterocycles. The van der Waals surface area contributed by atoms with Crippen LogP contribution in [-0.4, -0.2) is 53.0 Å². The lowest BCUT2D eigenvalue weighted by Gasteiger charge is -2.16. The van der Waals surface area contributed by atoms with Crippen molar-refractivity contribution in [1.82, 2.24) is 15.3 Å². The fraction of sp³-hybridized carbons (Fsp3) is 0.304. The molecule has 2 amide bonds. The Kier molecular flexibility index (Phi) is 7.17. The number of aromatic nitrogens is 2. The molecule has 0 bridgehead atoms. The van der Waals surface area contributed by atoms with Gasteiger partial charge in [-0.15, -0.1) is 0 Å². The molecule has 10 heteroatoms. The highest BCUT2D eigenvalue weighted by Gasteiger charge is 2.26. The zero-order chi connectivity index (χ0) is 24.1. The average Bonchev–Trinajstić information content (AvgIpc) is 3.31. The maximum Gasteiger partial charge on any atom is 0.340 e. The van der Waals surface area contributed by atoms with Crippen LogP contribution in [0.25, 0.3) is 10.9 Å². The molecule has 2 aromatic heterocycles. The first-order valence-electron chi connectivity index (χ1n) is 10.4. The number of benzene rings is 1. The Morgan fingerprint density at radius 3 is 2.55 bits per heavy atom. The number of ether oxygens (including phenoxy) is 2. The predicted molar refractivity (Wildman–Crippen MR) is 120 cm³/mol. The van der Waals surface area contributed by atoms with E-state index in [1.54, 1.807) is 27.0 Å². The highest BCUT2D eigenvalue weighted by atomic mass is 16.5. The lowest BCUT2D eigenvalue weighted by molar-refractivity contribution is -0.144. The standard InChI is InChI=1S/C23H26N4O6/c1-4-32-22(30)19-12(2)20(26-13(19)3)18(28)11-33-21(29)17(27-23(24)31)9-14-10-25-16-8-6-5-7-15(14)16/h5-8,10,17,25-26H,4,9,11H2,1-3H3,(H3,24,27,31). The number of primary amides is 1. The molecular formula is C23H26N4O6. The lowest BCUT2D eigenvalue weighted by Crippen LogP contribution is -2.46. The molecule has 1 unspecified atom stereocenters. The molecule has 1 atom stereocenters. The van der Waals surface area contributed by atoms with E-state index in [-0.39, 0.29) is 24.3 Å². The molecule has 0 aliphatic heterocycles. The summed E-state index contributed by atoms with van der Waals surface area (Å²) in [6, 6.07) is 5.53. The van der Waals surface area contributed by atoms with Gasteiger partial charge in [0.25, 0.3) is 0 Å². The van der Waals surface area contributed by atoms with E-state index in [2.05, 4.69) is 15.3 Å². The van der Waals surface area contributed by atoms with Gasteiger partial charge in [0.1, 0.15) is 6.04 Å². The van der Waals surface area contributed by atoms with Gasteiger partial charge >= 0.3 is 18.0 Å². The number of ketones is 1. The molecule has 0 aliphatic carbocycles. The van der Waals surface area contributed by atoms with Gasteiger partial charge in [-0.25, -0.2) is 14.4 Å². The number of aromatic amines is 2. The number of aryl methyl sites for hydroxylation is 1. The Labute approximate surface area is 189 Å². The molecule has 0 aliphatic rings. The van der Waals surface area contributed by atoms with E-state index in [1.165, 1.54) is 0 Å². The smallest absolute Gasteiger partial charge is 0.340 e. The van der Waals surface area contributed by atoms with Crippen LogP contribution in [0.2, 0.25) is 0 Å². The number of esters is 2. The van der Waals surface area contributed by atoms with E-state index in [0.29, 0.717) is 11.3 Å². The molecule has 1 aromatic carbocycles. The van der Waals surface area contributed by atoms with Crippen molar-refractivity contribution in [1.29, 1.82) is 0 Å². The topological polar surface area (TPSA) is 156 Å². The Hall–Kier alpha value is -4.08. The van der Waals surface area contributed by atoms with Crippen LogP contribution >= 0.6 is 0 Å². The molecule has 174 valence electrons. The van der Waals surface area contributed by atoms with E-state index >= 15 is 0 Å². The molecule has 0 fully saturated rings. The fourth-order valence-corrected chi connectivity index (χ4v) is 3.73. The first kappa shape index (κ1) is 23.6. The first-order valence-corrected chi connectivity index (χ1v) is 10.4. The van der Waals surface area contributed by atoms with Gasteiger partial charge in [0, 0.05) is 29.2 Å². The van der Waals surface area contributed by atoms with Gasteiger partial charge in [-0.05, 0) is 38.0 Å². The zero-order valence-corrected chi connectivity index (χ0v) is 18.6. The Morgan fingerprint density at radius 1 is 1.12 bits per heavy atom. The highest BCUT2D eigenvalue weighted by Crippen LogP contribution is 2.21. The van der Waals surface area contributed by atoms with E-state index in [4.69, 9.17) is 15.2 Å². The third kappa shape index (κ3) is 5.22. The van der Waals surface area contributed by atoms with Crippen LogP contribution in [0.4, 0.5) is 4.79 Å². The molecule has 33 heavy (non-hydrogen) atoms. The Bertz CT molecular complexity index is 1210. The molecule has 3 aromatic rings. The second kappa shape index (κ2) is 10.0. The van der Waals surface area contributed by atoms with Crippen LogP contribution in [0, 0.1) is 13.8 Å². The van der Waals surface area contributed by atoms with Gasteiger partial charge in [0.05, 0.1) is 17.9 Å². The van der Waals surface area contributed by atoms with E-state index in [1.807, 2.05) is 24.3 Å². The van der Waals surface area contributed by atoms with Crippen molar-refractivity contribution in [2.24, 2.45) is 5.73 Å². The maximum atomic E-state index is 12.7. The summed E-state index contributed by atoms with van der Waals surface area (Å²) in [6.07, 6.45) is 1.86. The zero-order valence-electron chi connectivity index (χ0n) is 18.6. The van der Waals surface area contributed by atoms with Crippen LogP contribution in [0.5, 0.6) is 0 Å². The predicted octanol–water partition coefficient (Wildman–Crippen LogP) is 2.30. The quantitative estimate of drug-likeness (QED) is 0.287. The number of hydrogen-bond donors (Lipinski definition) is 4. The fourth-order valence-electron chi connectivity index (χ4n) is 3.73. The monoisotopic (exact) mass is 454 g/mol. The number of nitrogens with two attached hydrogens (primary N) is 1. The average molecular weight is 454 g/mol. The van der Waals surface area contributed by atoms with Crippen molar-refractivity contribution in [3.05, 3.63) is 58.5 Å². The molecular weight excluding hydrogens is 428 g/mol. The third-order valence-corrected chi connectivity index (χ3v) is 5.24. The number of Topliss-reactive ketones (excluding diaryl/α,β-unsaturated/α-hetero) is 1. The lowest BCUT2D eigenvalue weighted by atomic mass is 10.1. The van der Waals surface area contributed by atoms with Gasteiger partial charge in [-0.3, -0.25) is 4.79 Å². The van der Waals surface area contributed by atoms with Crippen LogP contribution in [0.1, 0.15) is 44.6 Å². The number of rotatable bonds is 9. The number of carbonyl (C=O) groups is 4. The van der Waals surface area contributed by atoms with Crippen molar-refractivity contribution < 1.29 is 28.7 Å². The van der Waals surface area contributed by atoms with E-state index in [9.17, 15) is 19.2 Å². The summed E-state index contributed by atoms with van der Waals surface area (Å²) >= 11 is 0. The molecule has 3 rings (SSSR count). The second-order valence-corrected chi connectivity index (χ2v) is 7.50. The minimum Gasteiger partial charge on any atom is -0.462 e. The Balaban J connectivity index is 1.71. The van der Waals surface area contributed by atoms with Crippen LogP contribution < -0.4 is 11.1 Å². The molecule has 2 heterocycles. The number of fused-ring (bicyclic) bond motifs is 1. The van der Waals surface area contributed by atoms with E-state index < -0.39 is 36.4 Å². The summed E-state index contributed by atoms with van der Waals surface area (Å²) in [7, 11) is 0.